The number of carbonyl (C=O) groups excluding carboxylic acids is 2. The molecule has 0 unspecified atom stereocenters. The van der Waals surface area contributed by atoms with Gasteiger partial charge < -0.3 is 14.7 Å². The molecule has 0 atom stereocenters. The molecular formula is C19H27N3O2. The quantitative estimate of drug-likeness (QED) is 0.854. The van der Waals surface area contributed by atoms with Crippen LogP contribution < -0.4 is 4.90 Å². The number of carbonyl (C=O) groups is 2. The molecule has 1 aromatic rings. The second-order valence-corrected chi connectivity index (χ2v) is 7.04. The molecule has 130 valence electrons. The average molecular weight is 329 g/mol. The SMILES string of the molecule is CN(C)c1cccc(C(=O)N2CCC(C(=O)N3CCCC3)CC2)c1. The molecule has 5 nitrogen and oxygen atoms in total. The summed E-state index contributed by atoms with van der Waals surface area (Å²) < 4.78 is 0. The fourth-order valence-corrected chi connectivity index (χ4v) is 3.62. The zero-order valence-electron chi connectivity index (χ0n) is 14.7. The van der Waals surface area contributed by atoms with Crippen LogP contribution in [0.2, 0.25) is 0 Å². The van der Waals surface area contributed by atoms with Gasteiger partial charge in [-0.25, -0.2) is 0 Å². The van der Waals surface area contributed by atoms with Crippen molar-refractivity contribution in [2.24, 2.45) is 5.92 Å². The van der Waals surface area contributed by atoms with Gasteiger partial charge in [-0.1, -0.05) is 6.07 Å². The lowest BCUT2D eigenvalue weighted by Crippen LogP contribution is -2.43. The van der Waals surface area contributed by atoms with E-state index in [-0.39, 0.29) is 11.8 Å². The van der Waals surface area contributed by atoms with E-state index in [0.717, 1.165) is 50.0 Å². The van der Waals surface area contributed by atoms with Crippen molar-refractivity contribution in [1.29, 1.82) is 0 Å². The Hall–Kier alpha value is -2.04. The minimum absolute atomic E-state index is 0.0748. The third-order valence-corrected chi connectivity index (χ3v) is 5.16. The molecule has 0 N–H and O–H groups in total. The molecule has 0 aliphatic carbocycles. The van der Waals surface area contributed by atoms with Crippen molar-refractivity contribution in [3.8, 4) is 0 Å². The number of rotatable bonds is 3. The zero-order valence-corrected chi connectivity index (χ0v) is 14.7. The molecule has 1 aromatic carbocycles. The Bertz CT molecular complexity index is 600. The molecule has 24 heavy (non-hydrogen) atoms. The van der Waals surface area contributed by atoms with Crippen molar-refractivity contribution in [3.63, 3.8) is 0 Å². The lowest BCUT2D eigenvalue weighted by molar-refractivity contribution is -0.135. The minimum Gasteiger partial charge on any atom is -0.378 e. The van der Waals surface area contributed by atoms with Crippen molar-refractivity contribution < 1.29 is 9.59 Å². The standard InChI is InChI=1S/C19H27N3O2/c1-20(2)17-7-5-6-16(14-17)19(24)22-12-8-15(9-13-22)18(23)21-10-3-4-11-21/h5-7,14-15H,3-4,8-13H2,1-2H3. The summed E-state index contributed by atoms with van der Waals surface area (Å²) in [4.78, 5) is 31.1. The van der Waals surface area contributed by atoms with Gasteiger partial charge in [0.25, 0.3) is 5.91 Å². The fourth-order valence-electron chi connectivity index (χ4n) is 3.62. The summed E-state index contributed by atoms with van der Waals surface area (Å²) in [7, 11) is 3.94. The van der Waals surface area contributed by atoms with Crippen LogP contribution in [0.5, 0.6) is 0 Å². The van der Waals surface area contributed by atoms with Gasteiger partial charge in [0.1, 0.15) is 0 Å². The molecule has 2 amide bonds. The number of piperidine rings is 1. The van der Waals surface area contributed by atoms with Gasteiger partial charge in [0.05, 0.1) is 0 Å². The predicted octanol–water partition coefficient (Wildman–Crippen LogP) is 2.23. The summed E-state index contributed by atoms with van der Waals surface area (Å²) in [6.45, 7) is 3.18. The maximum Gasteiger partial charge on any atom is 0.253 e. The van der Waals surface area contributed by atoms with E-state index in [2.05, 4.69) is 0 Å². The molecule has 2 aliphatic rings. The second kappa shape index (κ2) is 7.24. The van der Waals surface area contributed by atoms with Crippen LogP contribution >= 0.6 is 0 Å². The van der Waals surface area contributed by atoms with Crippen molar-refractivity contribution in [2.75, 3.05) is 45.2 Å². The molecule has 3 rings (SSSR count). The summed E-state index contributed by atoms with van der Waals surface area (Å²) in [5.41, 5.74) is 1.76. The molecule has 2 saturated heterocycles. The van der Waals surface area contributed by atoms with E-state index in [9.17, 15) is 9.59 Å². The Morgan fingerprint density at radius 3 is 2.29 bits per heavy atom. The molecular weight excluding hydrogens is 302 g/mol. The smallest absolute Gasteiger partial charge is 0.253 e. The Morgan fingerprint density at radius 2 is 1.67 bits per heavy atom. The largest absolute Gasteiger partial charge is 0.378 e. The first kappa shape index (κ1) is 16.8. The highest BCUT2D eigenvalue weighted by Gasteiger charge is 2.31. The van der Waals surface area contributed by atoms with E-state index in [1.165, 1.54) is 0 Å². The van der Waals surface area contributed by atoms with E-state index in [0.29, 0.717) is 19.0 Å². The fraction of sp³-hybridized carbons (Fsp3) is 0.579. The highest BCUT2D eigenvalue weighted by molar-refractivity contribution is 5.95. The first-order valence-electron chi connectivity index (χ1n) is 8.91. The number of hydrogen-bond acceptors (Lipinski definition) is 3. The Morgan fingerprint density at radius 1 is 1.00 bits per heavy atom. The van der Waals surface area contributed by atoms with Crippen LogP contribution in [0.4, 0.5) is 5.69 Å². The third kappa shape index (κ3) is 3.55. The van der Waals surface area contributed by atoms with Gasteiger partial charge in [-0.2, -0.15) is 0 Å². The van der Waals surface area contributed by atoms with E-state index in [1.54, 1.807) is 0 Å². The topological polar surface area (TPSA) is 43.9 Å². The van der Waals surface area contributed by atoms with Gasteiger partial charge in [0.15, 0.2) is 0 Å². The maximum absolute atomic E-state index is 12.7. The van der Waals surface area contributed by atoms with Crippen LogP contribution in [0.3, 0.4) is 0 Å². The normalized spacial score (nSPS) is 18.8. The van der Waals surface area contributed by atoms with Gasteiger partial charge in [0, 0.05) is 57.4 Å². The molecule has 0 saturated carbocycles. The van der Waals surface area contributed by atoms with Gasteiger partial charge in [-0.3, -0.25) is 9.59 Å². The number of benzene rings is 1. The van der Waals surface area contributed by atoms with E-state index < -0.39 is 0 Å². The zero-order chi connectivity index (χ0) is 17.1. The molecule has 0 bridgehead atoms. The number of nitrogens with zero attached hydrogens (tertiary/aromatic N) is 3. The number of hydrogen-bond donors (Lipinski definition) is 0. The Balaban J connectivity index is 1.59. The van der Waals surface area contributed by atoms with Gasteiger partial charge in [0.2, 0.25) is 5.91 Å². The second-order valence-electron chi connectivity index (χ2n) is 7.04. The van der Waals surface area contributed by atoms with Crippen LogP contribution in [0.25, 0.3) is 0 Å². The predicted molar refractivity (Wildman–Crippen MR) is 95.2 cm³/mol. The van der Waals surface area contributed by atoms with Crippen LogP contribution in [0.1, 0.15) is 36.0 Å². The van der Waals surface area contributed by atoms with Gasteiger partial charge in [-0.05, 0) is 43.9 Å². The van der Waals surface area contributed by atoms with Crippen LogP contribution in [0, 0.1) is 5.92 Å². The molecule has 0 spiro atoms. The summed E-state index contributed by atoms with van der Waals surface area (Å²) in [6, 6.07) is 7.73. The van der Waals surface area contributed by atoms with E-state index in [4.69, 9.17) is 0 Å². The molecule has 2 fully saturated rings. The summed E-state index contributed by atoms with van der Waals surface area (Å²) >= 11 is 0. The van der Waals surface area contributed by atoms with Crippen molar-refractivity contribution in [1.82, 2.24) is 9.80 Å². The molecule has 0 aromatic heterocycles. The van der Waals surface area contributed by atoms with Gasteiger partial charge >= 0.3 is 0 Å². The van der Waals surface area contributed by atoms with E-state index >= 15 is 0 Å². The molecule has 0 radical (unpaired) electrons. The monoisotopic (exact) mass is 329 g/mol. The minimum atomic E-state index is 0.0748. The third-order valence-electron chi connectivity index (χ3n) is 5.16. The van der Waals surface area contributed by atoms with Crippen molar-refractivity contribution >= 4 is 17.5 Å². The van der Waals surface area contributed by atoms with Crippen LogP contribution in [-0.2, 0) is 4.79 Å². The first-order chi connectivity index (χ1) is 11.6. The summed E-state index contributed by atoms with van der Waals surface area (Å²) in [6.07, 6.45) is 3.83. The van der Waals surface area contributed by atoms with Crippen LogP contribution in [-0.4, -0.2) is 61.9 Å². The maximum atomic E-state index is 12.7. The van der Waals surface area contributed by atoms with Crippen molar-refractivity contribution in [2.45, 2.75) is 25.7 Å². The summed E-state index contributed by atoms with van der Waals surface area (Å²) in [5, 5.41) is 0. The van der Waals surface area contributed by atoms with E-state index in [1.807, 2.05) is 53.1 Å². The molecule has 5 heteroatoms. The van der Waals surface area contributed by atoms with Crippen molar-refractivity contribution in [3.05, 3.63) is 29.8 Å². The highest BCUT2D eigenvalue weighted by atomic mass is 16.2. The number of anilines is 1. The molecule has 2 heterocycles. The van der Waals surface area contributed by atoms with Crippen LogP contribution in [0.15, 0.2) is 24.3 Å². The summed E-state index contributed by atoms with van der Waals surface area (Å²) in [5.74, 6) is 0.472. The Kier molecular flexibility index (Phi) is 5.07. The average Bonchev–Trinajstić information content (AvgIpc) is 3.15. The van der Waals surface area contributed by atoms with Gasteiger partial charge in [-0.15, -0.1) is 0 Å². The first-order valence-corrected chi connectivity index (χ1v) is 8.91. The highest BCUT2D eigenvalue weighted by Crippen LogP contribution is 2.24. The number of likely N-dealkylation sites (tertiary alicyclic amines) is 2. The number of amides is 2. The molecule has 2 aliphatic heterocycles. The lowest BCUT2D eigenvalue weighted by atomic mass is 9.95. The lowest BCUT2D eigenvalue weighted by Gasteiger charge is -2.33. The Labute approximate surface area is 144 Å².